The maximum Gasteiger partial charge on any atom is 0.151 e. The minimum atomic E-state index is 0.967. The van der Waals surface area contributed by atoms with Crippen molar-refractivity contribution in [3.63, 3.8) is 0 Å². The summed E-state index contributed by atoms with van der Waals surface area (Å²) in [6.07, 6.45) is 4.16. The van der Waals surface area contributed by atoms with E-state index >= 15 is 0 Å². The van der Waals surface area contributed by atoms with Crippen LogP contribution in [0.15, 0.2) is 40.4 Å². The molecular weight excluding hydrogens is 284 g/mol. The third kappa shape index (κ3) is 1.58. The summed E-state index contributed by atoms with van der Waals surface area (Å²) >= 11 is 5.25. The van der Waals surface area contributed by atoms with Crippen LogP contribution in [0.1, 0.15) is 5.56 Å². The van der Waals surface area contributed by atoms with Gasteiger partial charge in [-0.2, -0.15) is 0 Å². The molecule has 0 saturated heterocycles. The first-order valence-electron chi connectivity index (χ1n) is 4.93. The first-order valence-corrected chi connectivity index (χ1v) is 6.60. The summed E-state index contributed by atoms with van der Waals surface area (Å²) in [4.78, 5) is 5.82. The van der Waals surface area contributed by atoms with Gasteiger partial charge < -0.3 is 4.40 Å². The highest BCUT2D eigenvalue weighted by atomic mass is 79.9. The number of rotatable bonds is 1. The van der Waals surface area contributed by atoms with Gasteiger partial charge in [-0.3, -0.25) is 0 Å². The lowest BCUT2D eigenvalue weighted by molar-refractivity contribution is 1.15. The Hall–Kier alpha value is -1.13. The summed E-state index contributed by atoms with van der Waals surface area (Å²) in [5.74, 6) is 0. The molecular formula is C12H9BrN2S. The summed E-state index contributed by atoms with van der Waals surface area (Å²) in [6, 6.07) is 6.22. The number of nitrogens with zero attached hydrogens (tertiary/aromatic N) is 2. The highest BCUT2D eigenvalue weighted by molar-refractivity contribution is 9.10. The molecule has 0 aromatic carbocycles. The van der Waals surface area contributed by atoms with Gasteiger partial charge in [0.15, 0.2) is 5.65 Å². The molecule has 16 heavy (non-hydrogen) atoms. The third-order valence-electron chi connectivity index (χ3n) is 2.42. The van der Waals surface area contributed by atoms with E-state index in [0.717, 1.165) is 15.8 Å². The average Bonchev–Trinajstić information content (AvgIpc) is 2.82. The van der Waals surface area contributed by atoms with Crippen molar-refractivity contribution < 1.29 is 0 Å². The molecule has 3 aromatic heterocycles. The van der Waals surface area contributed by atoms with Crippen molar-refractivity contribution in [1.29, 1.82) is 0 Å². The predicted octanol–water partition coefficient (Wildman–Crippen LogP) is 4.13. The highest BCUT2D eigenvalue weighted by Gasteiger charge is 2.07. The molecule has 0 aliphatic heterocycles. The van der Waals surface area contributed by atoms with Gasteiger partial charge in [0.2, 0.25) is 0 Å². The second-order valence-corrected chi connectivity index (χ2v) is 5.50. The molecule has 0 fully saturated rings. The minimum absolute atomic E-state index is 0.967. The number of thiophene rings is 1. The molecule has 0 aliphatic rings. The average molecular weight is 293 g/mol. The first kappa shape index (κ1) is 10.1. The summed E-state index contributed by atoms with van der Waals surface area (Å²) in [7, 11) is 0. The molecule has 3 rings (SSSR count). The van der Waals surface area contributed by atoms with Gasteiger partial charge in [-0.1, -0.05) is 6.07 Å². The number of aromatic nitrogens is 2. The number of imidazole rings is 1. The van der Waals surface area contributed by atoms with Crippen molar-refractivity contribution >= 4 is 32.9 Å². The van der Waals surface area contributed by atoms with Crippen LogP contribution >= 0.6 is 27.3 Å². The molecule has 0 amide bonds. The van der Waals surface area contributed by atoms with E-state index in [1.165, 1.54) is 10.4 Å². The summed E-state index contributed by atoms with van der Waals surface area (Å²) in [5.41, 5.74) is 3.21. The van der Waals surface area contributed by atoms with Crippen LogP contribution in [0, 0.1) is 6.92 Å². The van der Waals surface area contributed by atoms with Gasteiger partial charge in [-0.15, -0.1) is 11.3 Å². The quantitative estimate of drug-likeness (QED) is 0.659. The summed E-state index contributed by atoms with van der Waals surface area (Å²) in [5, 5.41) is 2.07. The first-order chi connectivity index (χ1) is 7.74. The smallest absolute Gasteiger partial charge is 0.151 e. The van der Waals surface area contributed by atoms with Gasteiger partial charge in [0, 0.05) is 12.4 Å². The molecule has 4 heteroatoms. The van der Waals surface area contributed by atoms with Crippen molar-refractivity contribution in [3.05, 3.63) is 46.0 Å². The van der Waals surface area contributed by atoms with E-state index in [1.54, 1.807) is 11.3 Å². The Morgan fingerprint density at radius 3 is 3.00 bits per heavy atom. The summed E-state index contributed by atoms with van der Waals surface area (Å²) < 4.78 is 3.10. The van der Waals surface area contributed by atoms with Crippen molar-refractivity contribution in [2.24, 2.45) is 0 Å². The van der Waals surface area contributed by atoms with Crippen molar-refractivity contribution in [3.8, 4) is 10.6 Å². The van der Waals surface area contributed by atoms with Gasteiger partial charge in [-0.05, 0) is 45.9 Å². The number of halogens is 1. The van der Waals surface area contributed by atoms with Crippen LogP contribution in [0.4, 0.5) is 0 Å². The maximum atomic E-state index is 4.62. The fraction of sp³-hybridized carbons (Fsp3) is 0.0833. The number of aryl methyl sites for hydroxylation is 1. The molecule has 0 spiro atoms. The molecule has 0 bridgehead atoms. The maximum absolute atomic E-state index is 4.62. The van der Waals surface area contributed by atoms with Crippen LogP contribution in [0.25, 0.3) is 16.2 Å². The largest absolute Gasteiger partial charge is 0.305 e. The van der Waals surface area contributed by atoms with E-state index in [2.05, 4.69) is 62.1 Å². The zero-order chi connectivity index (χ0) is 11.1. The van der Waals surface area contributed by atoms with Crippen LogP contribution in [-0.4, -0.2) is 9.38 Å². The fourth-order valence-corrected chi connectivity index (χ4v) is 3.07. The molecule has 0 atom stereocenters. The monoisotopic (exact) mass is 292 g/mol. The molecule has 3 aromatic rings. The Morgan fingerprint density at radius 2 is 2.25 bits per heavy atom. The number of fused-ring (bicyclic) bond motifs is 1. The minimum Gasteiger partial charge on any atom is -0.305 e. The third-order valence-corrected chi connectivity index (χ3v) is 3.89. The Balaban J connectivity index is 2.27. The molecule has 0 unspecified atom stereocenters. The van der Waals surface area contributed by atoms with Crippen LogP contribution < -0.4 is 0 Å². The Labute approximate surface area is 106 Å². The van der Waals surface area contributed by atoms with Crippen molar-refractivity contribution in [2.45, 2.75) is 6.92 Å². The Kier molecular flexibility index (Phi) is 2.33. The lowest BCUT2D eigenvalue weighted by Crippen LogP contribution is -1.85. The van der Waals surface area contributed by atoms with Gasteiger partial charge >= 0.3 is 0 Å². The van der Waals surface area contributed by atoms with E-state index in [4.69, 9.17) is 0 Å². The second kappa shape index (κ2) is 3.71. The fourth-order valence-electron chi connectivity index (χ4n) is 1.73. The number of hydrogen-bond donors (Lipinski definition) is 0. The zero-order valence-corrected chi connectivity index (χ0v) is 11.0. The molecule has 3 heterocycles. The standard InChI is InChI=1S/C12H9BrN2S/c1-8-5-9(13)12-14-10(7-15(12)6-8)11-3-2-4-16-11/h2-7H,1H3. The lowest BCUT2D eigenvalue weighted by Gasteiger charge is -1.97. The molecule has 0 aliphatic carbocycles. The van der Waals surface area contributed by atoms with E-state index in [0.29, 0.717) is 0 Å². The van der Waals surface area contributed by atoms with Crippen LogP contribution in [-0.2, 0) is 0 Å². The molecule has 0 radical (unpaired) electrons. The highest BCUT2D eigenvalue weighted by Crippen LogP contribution is 2.27. The van der Waals surface area contributed by atoms with Gasteiger partial charge in [0.05, 0.1) is 15.0 Å². The van der Waals surface area contributed by atoms with Crippen LogP contribution in [0.2, 0.25) is 0 Å². The number of hydrogen-bond acceptors (Lipinski definition) is 2. The Morgan fingerprint density at radius 1 is 1.38 bits per heavy atom. The van der Waals surface area contributed by atoms with Gasteiger partial charge in [-0.25, -0.2) is 4.98 Å². The van der Waals surface area contributed by atoms with Crippen molar-refractivity contribution in [1.82, 2.24) is 9.38 Å². The van der Waals surface area contributed by atoms with E-state index in [-0.39, 0.29) is 0 Å². The van der Waals surface area contributed by atoms with E-state index < -0.39 is 0 Å². The SMILES string of the molecule is Cc1cc(Br)c2nc(-c3cccs3)cn2c1. The van der Waals surface area contributed by atoms with E-state index in [9.17, 15) is 0 Å². The Bertz CT molecular complexity index is 640. The second-order valence-electron chi connectivity index (χ2n) is 3.70. The zero-order valence-electron chi connectivity index (χ0n) is 8.64. The lowest BCUT2D eigenvalue weighted by atomic mass is 10.3. The number of pyridine rings is 1. The molecule has 2 nitrogen and oxygen atoms in total. The van der Waals surface area contributed by atoms with Crippen LogP contribution in [0.3, 0.4) is 0 Å². The molecule has 80 valence electrons. The normalized spacial score (nSPS) is 11.1. The van der Waals surface area contributed by atoms with Crippen LogP contribution in [0.5, 0.6) is 0 Å². The molecule has 0 saturated carbocycles. The van der Waals surface area contributed by atoms with Crippen molar-refractivity contribution in [2.75, 3.05) is 0 Å². The summed E-state index contributed by atoms with van der Waals surface area (Å²) in [6.45, 7) is 2.08. The topological polar surface area (TPSA) is 17.3 Å². The molecule has 0 N–H and O–H groups in total. The predicted molar refractivity (Wildman–Crippen MR) is 70.9 cm³/mol. The van der Waals surface area contributed by atoms with Gasteiger partial charge in [0.1, 0.15) is 0 Å². The van der Waals surface area contributed by atoms with Gasteiger partial charge in [0.25, 0.3) is 0 Å². The van der Waals surface area contributed by atoms with E-state index in [1.807, 2.05) is 6.07 Å².